The highest BCUT2D eigenvalue weighted by molar-refractivity contribution is 14.1. The van der Waals surface area contributed by atoms with Crippen LogP contribution in [0.25, 0.3) is 10.6 Å². The third kappa shape index (κ3) is 2.00. The molecule has 0 bridgehead atoms. The summed E-state index contributed by atoms with van der Waals surface area (Å²) < 4.78 is 1.15. The summed E-state index contributed by atoms with van der Waals surface area (Å²) in [5.74, 6) is 0.280. The van der Waals surface area contributed by atoms with Gasteiger partial charge in [0.25, 0.3) is 0 Å². The van der Waals surface area contributed by atoms with E-state index in [1.54, 1.807) is 23.5 Å². The SMILES string of the molecule is Oc1cccc(-c2ncc(I)s2)c1. The first-order valence-corrected chi connectivity index (χ1v) is 5.56. The first-order chi connectivity index (χ1) is 6.25. The number of halogens is 1. The van der Waals surface area contributed by atoms with E-state index in [9.17, 15) is 5.11 Å². The highest BCUT2D eigenvalue weighted by Crippen LogP contribution is 2.27. The number of nitrogens with zero attached hydrogens (tertiary/aromatic N) is 1. The van der Waals surface area contributed by atoms with Gasteiger partial charge in [0.05, 0.1) is 9.08 Å². The Balaban J connectivity index is 2.46. The number of aromatic nitrogens is 1. The summed E-state index contributed by atoms with van der Waals surface area (Å²) in [5, 5.41) is 10.2. The van der Waals surface area contributed by atoms with Crippen molar-refractivity contribution < 1.29 is 5.11 Å². The van der Waals surface area contributed by atoms with Crippen LogP contribution in [-0.2, 0) is 0 Å². The normalized spacial score (nSPS) is 10.2. The maximum Gasteiger partial charge on any atom is 0.124 e. The molecule has 1 N–H and O–H groups in total. The van der Waals surface area contributed by atoms with E-state index in [0.717, 1.165) is 13.5 Å². The summed E-state index contributed by atoms with van der Waals surface area (Å²) in [4.78, 5) is 4.23. The first-order valence-electron chi connectivity index (χ1n) is 3.66. The highest BCUT2D eigenvalue weighted by atomic mass is 127. The van der Waals surface area contributed by atoms with Crippen molar-refractivity contribution in [2.75, 3.05) is 0 Å². The van der Waals surface area contributed by atoms with Crippen LogP contribution in [-0.4, -0.2) is 10.1 Å². The number of phenols is 1. The number of hydrogen-bond donors (Lipinski definition) is 1. The van der Waals surface area contributed by atoms with E-state index in [0.29, 0.717) is 0 Å². The second-order valence-electron chi connectivity index (χ2n) is 2.52. The van der Waals surface area contributed by atoms with Gasteiger partial charge < -0.3 is 5.11 Å². The predicted octanol–water partition coefficient (Wildman–Crippen LogP) is 3.12. The molecule has 0 saturated carbocycles. The van der Waals surface area contributed by atoms with Crippen molar-refractivity contribution in [2.45, 2.75) is 0 Å². The van der Waals surface area contributed by atoms with E-state index < -0.39 is 0 Å². The molecule has 0 spiro atoms. The van der Waals surface area contributed by atoms with Crippen molar-refractivity contribution in [1.29, 1.82) is 0 Å². The van der Waals surface area contributed by atoms with E-state index in [2.05, 4.69) is 27.6 Å². The van der Waals surface area contributed by atoms with Crippen molar-refractivity contribution in [3.63, 3.8) is 0 Å². The van der Waals surface area contributed by atoms with Crippen molar-refractivity contribution in [3.05, 3.63) is 33.3 Å². The van der Waals surface area contributed by atoms with E-state index in [-0.39, 0.29) is 5.75 Å². The fraction of sp³-hybridized carbons (Fsp3) is 0. The Morgan fingerprint density at radius 3 is 2.85 bits per heavy atom. The molecule has 0 amide bonds. The Hall–Kier alpha value is -0.620. The summed E-state index contributed by atoms with van der Waals surface area (Å²) in [6.07, 6.45) is 1.82. The number of phenolic OH excluding ortho intramolecular Hbond substituents is 1. The molecule has 0 aliphatic carbocycles. The highest BCUT2D eigenvalue weighted by Gasteiger charge is 2.02. The summed E-state index contributed by atoms with van der Waals surface area (Å²) in [5.41, 5.74) is 0.966. The van der Waals surface area contributed by atoms with Crippen LogP contribution in [0.5, 0.6) is 5.75 Å². The fourth-order valence-electron chi connectivity index (χ4n) is 1.03. The molecule has 0 atom stereocenters. The zero-order chi connectivity index (χ0) is 9.26. The molecule has 1 heterocycles. The number of aromatic hydroxyl groups is 1. The summed E-state index contributed by atoms with van der Waals surface area (Å²) >= 11 is 3.84. The number of hydrogen-bond acceptors (Lipinski definition) is 3. The molecular formula is C9H6INOS. The third-order valence-corrected chi connectivity index (χ3v) is 3.34. The number of thiazole rings is 1. The van der Waals surface area contributed by atoms with Gasteiger partial charge in [0.2, 0.25) is 0 Å². The summed E-state index contributed by atoms with van der Waals surface area (Å²) in [7, 11) is 0. The Labute approximate surface area is 93.4 Å². The maximum absolute atomic E-state index is 9.26. The summed E-state index contributed by atoms with van der Waals surface area (Å²) in [6, 6.07) is 7.13. The van der Waals surface area contributed by atoms with E-state index >= 15 is 0 Å². The molecule has 1 aromatic carbocycles. The fourth-order valence-corrected chi connectivity index (χ4v) is 2.43. The van der Waals surface area contributed by atoms with Gasteiger partial charge in [-0.15, -0.1) is 11.3 Å². The van der Waals surface area contributed by atoms with Crippen LogP contribution in [0.4, 0.5) is 0 Å². The lowest BCUT2D eigenvalue weighted by atomic mass is 10.2. The molecule has 0 unspecified atom stereocenters. The molecule has 0 aliphatic rings. The van der Waals surface area contributed by atoms with Gasteiger partial charge in [-0.2, -0.15) is 0 Å². The number of benzene rings is 1. The standard InChI is InChI=1S/C9H6INOS/c10-8-5-11-9(13-8)6-2-1-3-7(12)4-6/h1-5,12H. The molecule has 2 aromatic rings. The zero-order valence-corrected chi connectivity index (χ0v) is 9.54. The van der Waals surface area contributed by atoms with Crippen LogP contribution in [0, 0.1) is 2.88 Å². The van der Waals surface area contributed by atoms with E-state index in [4.69, 9.17) is 0 Å². The van der Waals surface area contributed by atoms with Crippen molar-refractivity contribution >= 4 is 33.9 Å². The van der Waals surface area contributed by atoms with Gasteiger partial charge in [-0.25, -0.2) is 4.98 Å². The second kappa shape index (κ2) is 3.63. The predicted molar refractivity (Wildman–Crippen MR) is 61.9 cm³/mol. The van der Waals surface area contributed by atoms with Gasteiger partial charge in [-0.1, -0.05) is 12.1 Å². The minimum absolute atomic E-state index is 0.280. The van der Waals surface area contributed by atoms with E-state index in [1.807, 2.05) is 18.3 Å². The molecule has 0 aliphatic heterocycles. The Kier molecular flexibility index (Phi) is 2.50. The molecule has 0 saturated heterocycles. The van der Waals surface area contributed by atoms with Gasteiger partial charge in [0.1, 0.15) is 10.8 Å². The maximum atomic E-state index is 9.26. The first kappa shape index (κ1) is 8.96. The molecule has 0 radical (unpaired) electrons. The lowest BCUT2D eigenvalue weighted by Gasteiger charge is -1.95. The molecule has 2 rings (SSSR count). The van der Waals surface area contributed by atoms with Crippen molar-refractivity contribution in [1.82, 2.24) is 4.98 Å². The van der Waals surface area contributed by atoms with Gasteiger partial charge in [0.15, 0.2) is 0 Å². The van der Waals surface area contributed by atoms with E-state index in [1.165, 1.54) is 0 Å². The van der Waals surface area contributed by atoms with Crippen LogP contribution in [0.15, 0.2) is 30.5 Å². The molecule has 1 aromatic heterocycles. The van der Waals surface area contributed by atoms with Crippen molar-refractivity contribution in [3.8, 4) is 16.3 Å². The topological polar surface area (TPSA) is 33.1 Å². The van der Waals surface area contributed by atoms with Gasteiger partial charge in [-0.05, 0) is 34.7 Å². The Morgan fingerprint density at radius 1 is 1.38 bits per heavy atom. The quantitative estimate of drug-likeness (QED) is 0.821. The van der Waals surface area contributed by atoms with Gasteiger partial charge in [-0.3, -0.25) is 0 Å². The number of rotatable bonds is 1. The molecule has 0 fully saturated rings. The lowest BCUT2D eigenvalue weighted by molar-refractivity contribution is 0.475. The average molecular weight is 303 g/mol. The second-order valence-corrected chi connectivity index (χ2v) is 5.44. The van der Waals surface area contributed by atoms with Gasteiger partial charge >= 0.3 is 0 Å². The minimum Gasteiger partial charge on any atom is -0.508 e. The van der Waals surface area contributed by atoms with Gasteiger partial charge in [0, 0.05) is 5.56 Å². The minimum atomic E-state index is 0.280. The Bertz CT molecular complexity index is 427. The smallest absolute Gasteiger partial charge is 0.124 e. The van der Waals surface area contributed by atoms with Crippen LogP contribution in [0.1, 0.15) is 0 Å². The van der Waals surface area contributed by atoms with Crippen LogP contribution in [0.2, 0.25) is 0 Å². The molecule has 13 heavy (non-hydrogen) atoms. The molecule has 2 nitrogen and oxygen atoms in total. The Morgan fingerprint density at radius 2 is 2.23 bits per heavy atom. The van der Waals surface area contributed by atoms with Crippen molar-refractivity contribution in [2.24, 2.45) is 0 Å². The third-order valence-electron chi connectivity index (χ3n) is 1.57. The molecule has 4 heteroatoms. The zero-order valence-electron chi connectivity index (χ0n) is 6.57. The average Bonchev–Trinajstić information content (AvgIpc) is 2.52. The van der Waals surface area contributed by atoms with Crippen LogP contribution >= 0.6 is 33.9 Å². The van der Waals surface area contributed by atoms with Crippen LogP contribution < -0.4 is 0 Å². The van der Waals surface area contributed by atoms with Crippen LogP contribution in [0.3, 0.4) is 0 Å². The largest absolute Gasteiger partial charge is 0.508 e. The summed E-state index contributed by atoms with van der Waals surface area (Å²) in [6.45, 7) is 0. The lowest BCUT2D eigenvalue weighted by Crippen LogP contribution is -1.73. The molecular weight excluding hydrogens is 297 g/mol. The molecule has 66 valence electrons. The monoisotopic (exact) mass is 303 g/mol.